The largest absolute Gasteiger partial charge is 0.478 e. The fourth-order valence-corrected chi connectivity index (χ4v) is 1.63. The average molecular weight is 259 g/mol. The lowest BCUT2D eigenvalue weighted by molar-refractivity contribution is -0.132. The first kappa shape index (κ1) is 13.1. The highest BCUT2D eigenvalue weighted by Crippen LogP contribution is 2.27. The van der Waals surface area contributed by atoms with Crippen molar-refractivity contribution < 1.29 is 9.90 Å². The molecule has 1 rings (SSSR count). The van der Waals surface area contributed by atoms with Gasteiger partial charge in [0.15, 0.2) is 0 Å². The Hall–Kier alpha value is -0.990. The molecule has 0 aromatic heterocycles. The minimum absolute atomic E-state index is 0.180. The monoisotopic (exact) mass is 258 g/mol. The van der Waals surface area contributed by atoms with E-state index < -0.39 is 5.97 Å². The highest BCUT2D eigenvalue weighted by Gasteiger charge is 2.11. The summed E-state index contributed by atoms with van der Waals surface area (Å²) in [6, 6.07) is 7.20. The van der Waals surface area contributed by atoms with Crippen molar-refractivity contribution in [2.45, 2.75) is 18.2 Å². The van der Waals surface area contributed by atoms with Gasteiger partial charge in [-0.25, -0.2) is 4.79 Å². The Morgan fingerprint density at radius 3 is 2.44 bits per heavy atom. The van der Waals surface area contributed by atoms with Crippen LogP contribution < -0.4 is 0 Å². The topological polar surface area (TPSA) is 37.3 Å². The zero-order chi connectivity index (χ0) is 12.1. The lowest BCUT2D eigenvalue weighted by Gasteiger charge is -2.09. The minimum atomic E-state index is -0.972. The number of benzene rings is 1. The van der Waals surface area contributed by atoms with Gasteiger partial charge in [-0.15, -0.1) is 11.6 Å². The molecule has 86 valence electrons. The molecule has 1 N–H and O–H groups in total. The van der Waals surface area contributed by atoms with Crippen LogP contribution in [0.4, 0.5) is 0 Å². The third kappa shape index (κ3) is 3.87. The third-order valence-corrected chi connectivity index (χ3v) is 2.96. The van der Waals surface area contributed by atoms with E-state index in [0.717, 1.165) is 5.56 Å². The van der Waals surface area contributed by atoms with Crippen LogP contribution in [0.15, 0.2) is 36.4 Å². The molecule has 1 aromatic rings. The van der Waals surface area contributed by atoms with Crippen molar-refractivity contribution in [1.29, 1.82) is 0 Å². The standard InChI is InChI=1S/C12H12Cl2O2/c1-8(12(15)16)2-7-11(14)9-3-5-10(13)6-4-9/h3-6,11H,1-2,7H2,(H,15,16). The molecule has 0 radical (unpaired) electrons. The molecule has 0 saturated heterocycles. The number of hydrogen-bond acceptors (Lipinski definition) is 1. The van der Waals surface area contributed by atoms with Crippen molar-refractivity contribution in [3.63, 3.8) is 0 Å². The zero-order valence-corrected chi connectivity index (χ0v) is 10.1. The fraction of sp³-hybridized carbons (Fsp3) is 0.250. The van der Waals surface area contributed by atoms with Crippen molar-refractivity contribution in [2.75, 3.05) is 0 Å². The molecule has 16 heavy (non-hydrogen) atoms. The molecule has 0 amide bonds. The number of hydrogen-bond donors (Lipinski definition) is 1. The van der Waals surface area contributed by atoms with Gasteiger partial charge in [-0.3, -0.25) is 0 Å². The van der Waals surface area contributed by atoms with Crippen LogP contribution in [-0.4, -0.2) is 11.1 Å². The van der Waals surface area contributed by atoms with Crippen LogP contribution >= 0.6 is 23.2 Å². The SMILES string of the molecule is C=C(CCC(Cl)c1ccc(Cl)cc1)C(=O)O. The van der Waals surface area contributed by atoms with E-state index in [2.05, 4.69) is 6.58 Å². The van der Waals surface area contributed by atoms with Crippen molar-refractivity contribution in [3.05, 3.63) is 47.0 Å². The summed E-state index contributed by atoms with van der Waals surface area (Å²) in [4.78, 5) is 10.5. The Kier molecular flexibility index (Phi) is 4.84. The average Bonchev–Trinajstić information content (AvgIpc) is 2.26. The molecule has 0 saturated carbocycles. The van der Waals surface area contributed by atoms with Crippen molar-refractivity contribution >= 4 is 29.2 Å². The fourth-order valence-electron chi connectivity index (χ4n) is 1.25. The molecule has 4 heteroatoms. The molecular formula is C12H12Cl2O2. The summed E-state index contributed by atoms with van der Waals surface area (Å²) in [5, 5.41) is 9.08. The molecule has 0 fully saturated rings. The molecule has 1 aromatic carbocycles. The van der Waals surface area contributed by atoms with Crippen LogP contribution in [0.3, 0.4) is 0 Å². The smallest absolute Gasteiger partial charge is 0.330 e. The highest BCUT2D eigenvalue weighted by molar-refractivity contribution is 6.30. The molecule has 0 heterocycles. The van der Waals surface area contributed by atoms with E-state index in [1.165, 1.54) is 0 Å². The molecule has 2 nitrogen and oxygen atoms in total. The summed E-state index contributed by atoms with van der Waals surface area (Å²) in [5.41, 5.74) is 1.11. The molecule has 1 atom stereocenters. The number of carbonyl (C=O) groups is 1. The van der Waals surface area contributed by atoms with E-state index in [1.807, 2.05) is 12.1 Å². The van der Waals surface area contributed by atoms with E-state index in [1.54, 1.807) is 12.1 Å². The highest BCUT2D eigenvalue weighted by atomic mass is 35.5. The first-order chi connectivity index (χ1) is 7.50. The Morgan fingerprint density at radius 2 is 1.94 bits per heavy atom. The summed E-state index contributed by atoms with van der Waals surface area (Å²) in [6.45, 7) is 3.45. The van der Waals surface area contributed by atoms with Gasteiger partial charge >= 0.3 is 5.97 Å². The van der Waals surface area contributed by atoms with E-state index in [4.69, 9.17) is 28.3 Å². The van der Waals surface area contributed by atoms with Crippen molar-refractivity contribution in [2.24, 2.45) is 0 Å². The first-order valence-corrected chi connectivity index (χ1v) is 5.62. The summed E-state index contributed by atoms with van der Waals surface area (Å²) < 4.78 is 0. The van der Waals surface area contributed by atoms with Gasteiger partial charge < -0.3 is 5.11 Å². The van der Waals surface area contributed by atoms with Crippen LogP contribution in [0, 0.1) is 0 Å². The second-order valence-electron chi connectivity index (χ2n) is 3.47. The van der Waals surface area contributed by atoms with Gasteiger partial charge in [-0.2, -0.15) is 0 Å². The Balaban J connectivity index is 2.52. The molecular weight excluding hydrogens is 247 g/mol. The van der Waals surface area contributed by atoms with Gasteiger partial charge in [0.25, 0.3) is 0 Å². The number of carboxylic acids is 1. The predicted octanol–water partition coefficient (Wildman–Crippen LogP) is 4.04. The molecule has 0 aliphatic carbocycles. The van der Waals surface area contributed by atoms with Crippen LogP contribution in [0.25, 0.3) is 0 Å². The van der Waals surface area contributed by atoms with Gasteiger partial charge in [0.2, 0.25) is 0 Å². The van der Waals surface area contributed by atoms with Crippen molar-refractivity contribution in [1.82, 2.24) is 0 Å². The van der Waals surface area contributed by atoms with Gasteiger partial charge in [0.1, 0.15) is 0 Å². The van der Waals surface area contributed by atoms with E-state index in [-0.39, 0.29) is 11.0 Å². The Morgan fingerprint density at radius 1 is 1.38 bits per heavy atom. The number of halogens is 2. The summed E-state index contributed by atoms with van der Waals surface area (Å²) >= 11 is 11.9. The minimum Gasteiger partial charge on any atom is -0.478 e. The van der Waals surface area contributed by atoms with Gasteiger partial charge in [-0.1, -0.05) is 30.3 Å². The number of aliphatic carboxylic acids is 1. The van der Waals surface area contributed by atoms with Crippen LogP contribution in [0.5, 0.6) is 0 Å². The van der Waals surface area contributed by atoms with Gasteiger partial charge in [-0.05, 0) is 30.5 Å². The van der Waals surface area contributed by atoms with Crippen LogP contribution in [-0.2, 0) is 4.79 Å². The first-order valence-electron chi connectivity index (χ1n) is 4.81. The third-order valence-electron chi connectivity index (χ3n) is 2.23. The van der Waals surface area contributed by atoms with E-state index >= 15 is 0 Å². The zero-order valence-electron chi connectivity index (χ0n) is 8.62. The van der Waals surface area contributed by atoms with Crippen LogP contribution in [0.1, 0.15) is 23.8 Å². The number of carboxylic acid groups (broad SMARTS) is 1. The summed E-state index contributed by atoms with van der Waals surface area (Å²) in [7, 11) is 0. The maximum absolute atomic E-state index is 10.5. The van der Waals surface area contributed by atoms with Gasteiger partial charge in [0, 0.05) is 10.6 Å². The maximum atomic E-state index is 10.5. The van der Waals surface area contributed by atoms with Crippen molar-refractivity contribution in [3.8, 4) is 0 Å². The second kappa shape index (κ2) is 5.92. The Bertz CT molecular complexity index is 385. The van der Waals surface area contributed by atoms with E-state index in [9.17, 15) is 4.79 Å². The molecule has 0 aliphatic rings. The second-order valence-corrected chi connectivity index (χ2v) is 4.43. The molecule has 0 bridgehead atoms. The predicted molar refractivity (Wildman–Crippen MR) is 66.1 cm³/mol. The quantitative estimate of drug-likeness (QED) is 0.640. The molecule has 0 aliphatic heterocycles. The molecule has 0 spiro atoms. The summed E-state index contributed by atoms with van der Waals surface area (Å²) in [5.74, 6) is -0.972. The van der Waals surface area contributed by atoms with Gasteiger partial charge in [0.05, 0.1) is 5.38 Å². The molecule has 1 unspecified atom stereocenters. The van der Waals surface area contributed by atoms with Crippen LogP contribution in [0.2, 0.25) is 5.02 Å². The van der Waals surface area contributed by atoms with E-state index in [0.29, 0.717) is 17.9 Å². The maximum Gasteiger partial charge on any atom is 0.330 e. The Labute approximate surface area is 104 Å². The lowest BCUT2D eigenvalue weighted by atomic mass is 10.0. The number of rotatable bonds is 5. The lowest BCUT2D eigenvalue weighted by Crippen LogP contribution is -2.00. The summed E-state index contributed by atoms with van der Waals surface area (Å²) in [6.07, 6.45) is 0.931. The normalized spacial score (nSPS) is 12.1. The number of alkyl halides is 1.